The van der Waals surface area contributed by atoms with Gasteiger partial charge in [-0.2, -0.15) is 0 Å². The van der Waals surface area contributed by atoms with Gasteiger partial charge in [0.05, 0.1) is 17.9 Å². The molecule has 47 heavy (non-hydrogen) atoms. The number of allylic oxidation sites excluding steroid dienone is 4. The number of carbonyl (C=O) groups excluding carboxylic acids is 1. The van der Waals surface area contributed by atoms with E-state index in [1.165, 1.54) is 30.4 Å². The Bertz CT molecular complexity index is 1860. The molecule has 4 aliphatic rings. The molecule has 8 nitrogen and oxygen atoms in total. The molecule has 2 aromatic rings. The van der Waals surface area contributed by atoms with E-state index in [0.717, 1.165) is 86.5 Å². The minimum absolute atomic E-state index is 0.0341. The number of aliphatic imine (C=N–C) groups is 1. The Morgan fingerprint density at radius 1 is 1.06 bits per heavy atom. The largest absolute Gasteiger partial charge is 0.481 e. The standard InChI is InChI=1S/C39H50N4O4/c1-8-10-11-12-15-47-24(7)36-22(5)30-17-29-21(4)26(13-14-35(45)46)38(42-29)27-16-34(44)37-23(6)31(43-39(27)37)18-32-25(9-2)20(3)28(40-32)19-33(36)41-30/h17-19,21,24,26,31,40-42H,8-16H2,1-7H3,(H,45,46)/b28-19-,29-17?,32-18-,38-27?/t21-,24?,26-,31?/m0/s1. The van der Waals surface area contributed by atoms with Crippen LogP contribution in [0.25, 0.3) is 18.2 Å². The molecule has 5 heterocycles. The zero-order chi connectivity index (χ0) is 33.6. The molecule has 1 aliphatic carbocycles. The van der Waals surface area contributed by atoms with Crippen LogP contribution in [0.2, 0.25) is 0 Å². The Labute approximate surface area is 277 Å². The van der Waals surface area contributed by atoms with Gasteiger partial charge in [0.15, 0.2) is 5.78 Å². The molecule has 1 saturated heterocycles. The number of aromatic amines is 2. The number of H-pyrrole nitrogens is 2. The van der Waals surface area contributed by atoms with Gasteiger partial charge in [-0.15, -0.1) is 0 Å². The molecule has 4 atom stereocenters. The number of Topliss-reactive ketones (excluding diaryl/α,β-unsaturated/α-hetero) is 1. The van der Waals surface area contributed by atoms with Gasteiger partial charge in [-0.05, 0) is 87.4 Å². The van der Waals surface area contributed by atoms with Crippen molar-refractivity contribution in [1.82, 2.24) is 15.3 Å². The average Bonchev–Trinajstić information content (AvgIpc) is 3.78. The Morgan fingerprint density at radius 3 is 2.57 bits per heavy atom. The van der Waals surface area contributed by atoms with Gasteiger partial charge in [-0.3, -0.25) is 14.6 Å². The molecule has 6 rings (SSSR count). The van der Waals surface area contributed by atoms with Crippen LogP contribution in [0.1, 0.15) is 119 Å². The number of fused-ring (bicyclic) bond motifs is 7. The van der Waals surface area contributed by atoms with Gasteiger partial charge in [0.25, 0.3) is 0 Å². The van der Waals surface area contributed by atoms with Crippen molar-refractivity contribution in [3.05, 3.63) is 72.5 Å². The van der Waals surface area contributed by atoms with Crippen LogP contribution in [-0.2, 0) is 20.7 Å². The lowest BCUT2D eigenvalue weighted by Crippen LogP contribution is -2.17. The molecule has 3 aliphatic heterocycles. The molecular formula is C39H50N4O4. The number of aromatic nitrogens is 2. The van der Waals surface area contributed by atoms with Gasteiger partial charge in [-0.1, -0.05) is 40.0 Å². The average molecular weight is 639 g/mol. The Hall–Kier alpha value is -3.91. The normalized spacial score (nSPS) is 23.7. The highest BCUT2D eigenvalue weighted by Crippen LogP contribution is 2.44. The first kappa shape index (κ1) is 33.0. The summed E-state index contributed by atoms with van der Waals surface area (Å²) in [6, 6.07) is -0.244. The molecule has 2 fully saturated rings. The fourth-order valence-corrected chi connectivity index (χ4v) is 8.09. The lowest BCUT2D eigenvalue weighted by atomic mass is 9.86. The van der Waals surface area contributed by atoms with Gasteiger partial charge < -0.3 is 25.1 Å². The van der Waals surface area contributed by atoms with E-state index in [4.69, 9.17) is 9.73 Å². The predicted octanol–water partition coefficient (Wildman–Crippen LogP) is 6.23. The highest BCUT2D eigenvalue weighted by molar-refractivity contribution is 6.37. The molecule has 1 saturated carbocycles. The van der Waals surface area contributed by atoms with Crippen molar-refractivity contribution in [3.63, 3.8) is 0 Å². The number of nitrogens with zero attached hydrogens (tertiary/aromatic N) is 1. The van der Waals surface area contributed by atoms with E-state index < -0.39 is 5.97 Å². The fourth-order valence-electron chi connectivity index (χ4n) is 8.09. The summed E-state index contributed by atoms with van der Waals surface area (Å²) in [5.74, 6) is -0.751. The summed E-state index contributed by atoms with van der Waals surface area (Å²) in [7, 11) is 0. The number of carbonyl (C=O) groups is 2. The molecule has 250 valence electrons. The van der Waals surface area contributed by atoms with Crippen LogP contribution in [0.15, 0.2) is 33.1 Å². The van der Waals surface area contributed by atoms with Crippen LogP contribution < -0.4 is 16.0 Å². The van der Waals surface area contributed by atoms with Crippen molar-refractivity contribution in [2.24, 2.45) is 16.8 Å². The highest BCUT2D eigenvalue weighted by atomic mass is 16.5. The third-order valence-corrected chi connectivity index (χ3v) is 10.8. The number of carboxylic acids is 1. The number of ether oxygens (including phenoxy) is 1. The van der Waals surface area contributed by atoms with Crippen LogP contribution in [0.5, 0.6) is 0 Å². The van der Waals surface area contributed by atoms with E-state index in [1.54, 1.807) is 0 Å². The fraction of sp³-hybridized carbons (Fsp3) is 0.513. The van der Waals surface area contributed by atoms with E-state index >= 15 is 0 Å². The third-order valence-electron chi connectivity index (χ3n) is 10.8. The van der Waals surface area contributed by atoms with Crippen molar-refractivity contribution in [1.29, 1.82) is 0 Å². The van der Waals surface area contributed by atoms with E-state index in [-0.39, 0.29) is 42.6 Å². The second-order valence-corrected chi connectivity index (χ2v) is 13.8. The van der Waals surface area contributed by atoms with Crippen molar-refractivity contribution in [3.8, 4) is 0 Å². The summed E-state index contributed by atoms with van der Waals surface area (Å²) in [6.07, 6.45) is 12.8. The number of carboxylic acid groups (broad SMARTS) is 1. The first-order valence-electron chi connectivity index (χ1n) is 17.5. The zero-order valence-corrected chi connectivity index (χ0v) is 29.0. The summed E-state index contributed by atoms with van der Waals surface area (Å²) >= 11 is 0. The van der Waals surface area contributed by atoms with Gasteiger partial charge in [0.1, 0.15) is 0 Å². The Kier molecular flexibility index (Phi) is 9.34. The van der Waals surface area contributed by atoms with Crippen LogP contribution in [0, 0.1) is 25.7 Å². The number of ketones is 1. The van der Waals surface area contributed by atoms with Crippen molar-refractivity contribution in [2.75, 3.05) is 6.61 Å². The smallest absolute Gasteiger partial charge is 0.303 e. The minimum Gasteiger partial charge on any atom is -0.481 e. The number of rotatable bonds is 11. The van der Waals surface area contributed by atoms with Crippen molar-refractivity contribution < 1.29 is 19.4 Å². The Morgan fingerprint density at radius 2 is 1.85 bits per heavy atom. The first-order valence-corrected chi connectivity index (χ1v) is 17.5. The number of aliphatic carboxylic acids is 1. The maximum atomic E-state index is 13.5. The molecule has 2 aromatic heterocycles. The van der Waals surface area contributed by atoms with Gasteiger partial charge in [0.2, 0.25) is 0 Å². The van der Waals surface area contributed by atoms with Crippen molar-refractivity contribution in [2.45, 2.75) is 112 Å². The van der Waals surface area contributed by atoms with Gasteiger partial charge >= 0.3 is 5.97 Å². The molecule has 0 aromatic carbocycles. The van der Waals surface area contributed by atoms with E-state index in [1.807, 2.05) is 6.92 Å². The molecule has 4 N–H and O–H groups in total. The summed E-state index contributed by atoms with van der Waals surface area (Å²) in [4.78, 5) is 37.9. The van der Waals surface area contributed by atoms with Crippen LogP contribution in [0.4, 0.5) is 0 Å². The van der Waals surface area contributed by atoms with Crippen LogP contribution in [0.3, 0.4) is 0 Å². The third kappa shape index (κ3) is 6.01. The molecule has 0 amide bonds. The van der Waals surface area contributed by atoms with E-state index in [0.29, 0.717) is 6.42 Å². The second-order valence-electron chi connectivity index (χ2n) is 13.8. The van der Waals surface area contributed by atoms with Crippen LogP contribution in [-0.4, -0.2) is 45.2 Å². The lowest BCUT2D eigenvalue weighted by Gasteiger charge is -2.16. The monoisotopic (exact) mass is 638 g/mol. The molecule has 2 unspecified atom stereocenters. The van der Waals surface area contributed by atoms with E-state index in [9.17, 15) is 14.7 Å². The summed E-state index contributed by atoms with van der Waals surface area (Å²) in [5.41, 5.74) is 12.1. The lowest BCUT2D eigenvalue weighted by molar-refractivity contribution is -0.137. The molecule has 8 heteroatoms. The highest BCUT2D eigenvalue weighted by Gasteiger charge is 2.43. The number of nitrogens with one attached hydrogen (secondary N) is 3. The SMILES string of the molecule is CCCCCCOC(C)c1c2[nH]c(c1C)C=C1NC(=C3CC(=O)C4=C(C)C(/C=c5\[nH]/c(c(C)c5CC)=C\2)N=C34)[C@@H](CCC(=O)O)[C@@H]1C. The number of unbranched alkanes of at least 4 members (excludes halogenated alkanes) is 3. The quantitative estimate of drug-likeness (QED) is 0.218. The van der Waals surface area contributed by atoms with Gasteiger partial charge in [0, 0.05) is 81.5 Å². The Balaban J connectivity index is 1.56. The van der Waals surface area contributed by atoms with E-state index in [2.05, 4.69) is 75.1 Å². The maximum Gasteiger partial charge on any atom is 0.303 e. The number of hydrogen-bond acceptors (Lipinski definition) is 5. The molecule has 0 spiro atoms. The van der Waals surface area contributed by atoms with Crippen LogP contribution >= 0.6 is 0 Å². The van der Waals surface area contributed by atoms with Gasteiger partial charge in [-0.25, -0.2) is 0 Å². The van der Waals surface area contributed by atoms with Crippen molar-refractivity contribution >= 4 is 35.7 Å². The number of hydrogen-bond donors (Lipinski definition) is 4. The summed E-state index contributed by atoms with van der Waals surface area (Å²) in [5, 5.41) is 15.4. The zero-order valence-electron chi connectivity index (χ0n) is 29.0. The maximum absolute atomic E-state index is 13.5. The molecule has 8 bridgehead atoms. The second kappa shape index (κ2) is 13.3. The predicted molar refractivity (Wildman–Crippen MR) is 187 cm³/mol. The first-order chi connectivity index (χ1) is 22.5. The summed E-state index contributed by atoms with van der Waals surface area (Å²) < 4.78 is 6.45. The minimum atomic E-state index is -0.815. The molecule has 0 radical (unpaired) electrons. The summed E-state index contributed by atoms with van der Waals surface area (Å²) in [6.45, 7) is 15.8. The topological polar surface area (TPSA) is 120 Å². The molecular weight excluding hydrogens is 588 g/mol.